The molecule has 0 N–H and O–H groups in total. The first-order chi connectivity index (χ1) is 19.8. The first kappa shape index (κ1) is 30.7. The molecule has 0 radical (unpaired) electrons. The molecule has 10 nitrogen and oxygen atoms in total. The third kappa shape index (κ3) is 9.40. The smallest absolute Gasteiger partial charge is 0.331 e. The fraction of sp³-hybridized carbons (Fsp3) is 0.258. The van der Waals surface area contributed by atoms with Gasteiger partial charge in [0.1, 0.15) is 18.8 Å². The summed E-state index contributed by atoms with van der Waals surface area (Å²) < 4.78 is 10.5. The van der Waals surface area contributed by atoms with Gasteiger partial charge in [0.15, 0.2) is 6.29 Å². The Bertz CT molecular complexity index is 1330. The lowest BCUT2D eigenvalue weighted by molar-refractivity contribution is -0.142. The number of nitrogens with zero attached hydrogens (tertiary/aromatic N) is 3. The Kier molecular flexibility index (Phi) is 11.7. The molecule has 0 aromatic heterocycles. The molecule has 3 amide bonds. The number of methoxy groups -OCH3 is 1. The van der Waals surface area contributed by atoms with Crippen LogP contribution in [0.1, 0.15) is 22.8 Å². The SMILES string of the molecule is COCCN(CC(=O)N(CC(=O)N(CC(=O)Oc1ccccc1C=O)c1ccccc1)Cc1ccccc1)C(C)=O. The third-order valence-corrected chi connectivity index (χ3v) is 6.16. The van der Waals surface area contributed by atoms with Crippen molar-refractivity contribution in [3.05, 3.63) is 96.1 Å². The maximum absolute atomic E-state index is 13.7. The van der Waals surface area contributed by atoms with Gasteiger partial charge >= 0.3 is 5.97 Å². The number of carbonyl (C=O) groups excluding carboxylic acids is 5. The van der Waals surface area contributed by atoms with Gasteiger partial charge in [-0.25, -0.2) is 4.79 Å². The normalized spacial score (nSPS) is 10.4. The van der Waals surface area contributed by atoms with Crippen LogP contribution in [0.25, 0.3) is 0 Å². The van der Waals surface area contributed by atoms with Crippen molar-refractivity contribution in [2.45, 2.75) is 13.5 Å². The minimum absolute atomic E-state index is 0.0780. The Hall–Kier alpha value is -4.83. The number of benzene rings is 3. The number of hydrogen-bond acceptors (Lipinski definition) is 7. The number of carbonyl (C=O) groups is 5. The molecule has 0 saturated heterocycles. The number of para-hydroxylation sites is 2. The van der Waals surface area contributed by atoms with Gasteiger partial charge in [-0.2, -0.15) is 0 Å². The third-order valence-electron chi connectivity index (χ3n) is 6.16. The summed E-state index contributed by atoms with van der Waals surface area (Å²) in [7, 11) is 1.50. The van der Waals surface area contributed by atoms with Crippen molar-refractivity contribution >= 4 is 35.7 Å². The molecule has 0 aliphatic heterocycles. The van der Waals surface area contributed by atoms with E-state index in [4.69, 9.17) is 9.47 Å². The van der Waals surface area contributed by atoms with Crippen LogP contribution < -0.4 is 9.64 Å². The van der Waals surface area contributed by atoms with Gasteiger partial charge in [0, 0.05) is 32.8 Å². The zero-order valence-electron chi connectivity index (χ0n) is 23.1. The second-order valence-electron chi connectivity index (χ2n) is 9.11. The van der Waals surface area contributed by atoms with E-state index in [0.717, 1.165) is 5.56 Å². The molecular formula is C31H33N3O7. The Morgan fingerprint density at radius 2 is 1.37 bits per heavy atom. The highest BCUT2D eigenvalue weighted by Crippen LogP contribution is 2.18. The molecule has 0 spiro atoms. The average Bonchev–Trinajstić information content (AvgIpc) is 2.98. The summed E-state index contributed by atoms with van der Waals surface area (Å²) in [5.74, 6) is -1.96. The minimum Gasteiger partial charge on any atom is -0.424 e. The molecule has 0 atom stereocenters. The molecule has 0 bridgehead atoms. The maximum Gasteiger partial charge on any atom is 0.331 e. The lowest BCUT2D eigenvalue weighted by Gasteiger charge is -2.29. The van der Waals surface area contributed by atoms with Gasteiger partial charge in [0.05, 0.1) is 18.7 Å². The quantitative estimate of drug-likeness (QED) is 0.170. The molecule has 0 aliphatic rings. The second-order valence-corrected chi connectivity index (χ2v) is 9.11. The van der Waals surface area contributed by atoms with Crippen LogP contribution in [0.4, 0.5) is 5.69 Å². The Labute approximate surface area is 239 Å². The van der Waals surface area contributed by atoms with Gasteiger partial charge in [0.25, 0.3) is 0 Å². The van der Waals surface area contributed by atoms with Gasteiger partial charge < -0.3 is 19.3 Å². The molecule has 0 aliphatic carbocycles. The molecule has 3 aromatic rings. The number of esters is 1. The number of aldehydes is 1. The van der Waals surface area contributed by atoms with E-state index >= 15 is 0 Å². The fourth-order valence-corrected chi connectivity index (χ4v) is 3.98. The van der Waals surface area contributed by atoms with Crippen molar-refractivity contribution in [2.75, 3.05) is 44.8 Å². The summed E-state index contributed by atoms with van der Waals surface area (Å²) in [5, 5.41) is 0. The highest BCUT2D eigenvalue weighted by atomic mass is 16.5. The van der Waals surface area contributed by atoms with E-state index < -0.39 is 24.3 Å². The van der Waals surface area contributed by atoms with Crippen molar-refractivity contribution in [2.24, 2.45) is 0 Å². The molecule has 0 unspecified atom stereocenters. The first-order valence-electron chi connectivity index (χ1n) is 13.0. The summed E-state index contributed by atoms with van der Waals surface area (Å²) in [5.41, 5.74) is 1.41. The predicted molar refractivity (Wildman–Crippen MR) is 152 cm³/mol. The lowest BCUT2D eigenvalue weighted by atomic mass is 10.2. The van der Waals surface area contributed by atoms with Crippen molar-refractivity contribution in [1.29, 1.82) is 0 Å². The minimum atomic E-state index is -0.764. The summed E-state index contributed by atoms with van der Waals surface area (Å²) >= 11 is 0. The summed E-state index contributed by atoms with van der Waals surface area (Å²) in [6.45, 7) is 0.876. The molecular weight excluding hydrogens is 526 g/mol. The molecule has 10 heteroatoms. The van der Waals surface area contributed by atoms with Crippen LogP contribution in [0.2, 0.25) is 0 Å². The number of ether oxygens (including phenoxy) is 2. The van der Waals surface area contributed by atoms with E-state index in [0.29, 0.717) is 12.0 Å². The zero-order chi connectivity index (χ0) is 29.6. The van der Waals surface area contributed by atoms with Crippen molar-refractivity contribution < 1.29 is 33.4 Å². The summed E-state index contributed by atoms with van der Waals surface area (Å²) in [4.78, 5) is 67.5. The molecule has 3 rings (SSSR count). The van der Waals surface area contributed by atoms with Crippen molar-refractivity contribution in [3.63, 3.8) is 0 Å². The Morgan fingerprint density at radius 3 is 2.00 bits per heavy atom. The van der Waals surface area contributed by atoms with Gasteiger partial charge in [-0.15, -0.1) is 0 Å². The van der Waals surface area contributed by atoms with Crippen molar-refractivity contribution in [3.8, 4) is 5.75 Å². The van der Waals surface area contributed by atoms with Crippen LogP contribution in [0.15, 0.2) is 84.9 Å². The lowest BCUT2D eigenvalue weighted by Crippen LogP contribution is -2.48. The van der Waals surface area contributed by atoms with Gasteiger partial charge in [-0.05, 0) is 29.8 Å². The van der Waals surface area contributed by atoms with Gasteiger partial charge in [0.2, 0.25) is 17.7 Å². The second kappa shape index (κ2) is 15.7. The van der Waals surface area contributed by atoms with Crippen LogP contribution >= 0.6 is 0 Å². The largest absolute Gasteiger partial charge is 0.424 e. The van der Waals surface area contributed by atoms with Crippen LogP contribution in [-0.4, -0.2) is 79.7 Å². The van der Waals surface area contributed by atoms with Crippen molar-refractivity contribution in [1.82, 2.24) is 9.80 Å². The number of anilines is 1. The summed E-state index contributed by atoms with van der Waals surface area (Å²) in [6.07, 6.45) is 0.576. The molecule has 41 heavy (non-hydrogen) atoms. The zero-order valence-corrected chi connectivity index (χ0v) is 23.1. The molecule has 0 saturated carbocycles. The monoisotopic (exact) mass is 559 g/mol. The van der Waals surface area contributed by atoms with E-state index in [1.807, 2.05) is 30.3 Å². The number of amides is 3. The van der Waals surface area contributed by atoms with E-state index in [1.165, 1.54) is 40.9 Å². The van der Waals surface area contributed by atoms with E-state index in [-0.39, 0.29) is 50.0 Å². The van der Waals surface area contributed by atoms with Gasteiger partial charge in [-0.1, -0.05) is 60.7 Å². The van der Waals surface area contributed by atoms with Gasteiger partial charge in [-0.3, -0.25) is 24.1 Å². The van der Waals surface area contributed by atoms with E-state index in [9.17, 15) is 24.0 Å². The summed E-state index contributed by atoms with van der Waals surface area (Å²) in [6, 6.07) is 23.9. The first-order valence-corrected chi connectivity index (χ1v) is 13.0. The highest BCUT2D eigenvalue weighted by molar-refractivity contribution is 6.00. The molecule has 3 aromatic carbocycles. The van der Waals surface area contributed by atoms with Crippen LogP contribution in [-0.2, 0) is 30.5 Å². The predicted octanol–water partition coefficient (Wildman–Crippen LogP) is 2.96. The van der Waals surface area contributed by atoms with Crippen LogP contribution in [0.3, 0.4) is 0 Å². The molecule has 0 heterocycles. The number of rotatable bonds is 14. The highest BCUT2D eigenvalue weighted by Gasteiger charge is 2.27. The van der Waals surface area contributed by atoms with E-state index in [1.54, 1.807) is 42.5 Å². The fourth-order valence-electron chi connectivity index (χ4n) is 3.98. The number of hydrogen-bond donors (Lipinski definition) is 0. The maximum atomic E-state index is 13.7. The van der Waals surface area contributed by atoms with E-state index in [2.05, 4.69) is 0 Å². The molecule has 214 valence electrons. The topological polar surface area (TPSA) is 114 Å². The average molecular weight is 560 g/mol. The molecule has 0 fully saturated rings. The standard InChI is InChI=1S/C31H33N3O7/c1-24(36)32(17-18-40-2)20-29(37)33(19-25-11-5-3-6-12-25)21-30(38)34(27-14-7-4-8-15-27)22-31(39)41-28-16-10-9-13-26(28)23-35/h3-16,23H,17-22H2,1-2H3. The van der Waals surface area contributed by atoms with Crippen LogP contribution in [0.5, 0.6) is 5.75 Å². The Balaban J connectivity index is 1.84. The van der Waals surface area contributed by atoms with Crippen LogP contribution in [0, 0.1) is 0 Å². The Morgan fingerprint density at radius 1 is 0.756 bits per heavy atom.